The number of fused-ring (bicyclic) bond motifs is 1. The van der Waals surface area contributed by atoms with Crippen molar-refractivity contribution in [1.82, 2.24) is 0 Å². The first-order valence-electron chi connectivity index (χ1n) is 9.95. The van der Waals surface area contributed by atoms with E-state index in [0.29, 0.717) is 11.3 Å². The molecule has 1 aromatic carbocycles. The Morgan fingerprint density at radius 2 is 1.68 bits per heavy atom. The van der Waals surface area contributed by atoms with Crippen LogP contribution in [0.5, 0.6) is 0 Å². The van der Waals surface area contributed by atoms with Crippen LogP contribution in [0.4, 0.5) is 0 Å². The average molecular weight is 395 g/mol. The maximum Gasteiger partial charge on any atom is 0.336 e. The lowest BCUT2D eigenvalue weighted by molar-refractivity contribution is -0.132. The van der Waals surface area contributed by atoms with E-state index in [9.17, 15) is 9.90 Å². The van der Waals surface area contributed by atoms with Gasteiger partial charge in [-0.25, -0.2) is 4.79 Å². The SMILES string of the molecule is CC(=CC1=CCC(=S)C(C(=O)O)=C1)c1cc2c(cc1C)C(C)(C)CCC2(C)C. The number of thiocarbonyl (C=S) groups is 1. The molecule has 3 heteroatoms. The summed E-state index contributed by atoms with van der Waals surface area (Å²) in [6.07, 6.45) is 8.69. The van der Waals surface area contributed by atoms with Crippen molar-refractivity contribution in [1.29, 1.82) is 0 Å². The van der Waals surface area contributed by atoms with Crippen molar-refractivity contribution in [3.8, 4) is 0 Å². The molecule has 2 aliphatic carbocycles. The van der Waals surface area contributed by atoms with Gasteiger partial charge >= 0.3 is 5.97 Å². The highest BCUT2D eigenvalue weighted by molar-refractivity contribution is 7.81. The van der Waals surface area contributed by atoms with Crippen LogP contribution in [0.25, 0.3) is 5.57 Å². The zero-order valence-corrected chi connectivity index (χ0v) is 18.6. The first kappa shape index (κ1) is 20.7. The van der Waals surface area contributed by atoms with Gasteiger partial charge < -0.3 is 5.11 Å². The summed E-state index contributed by atoms with van der Waals surface area (Å²) in [5.41, 5.74) is 8.09. The number of hydrogen-bond donors (Lipinski definition) is 1. The van der Waals surface area contributed by atoms with Crippen molar-refractivity contribution >= 4 is 28.6 Å². The smallest absolute Gasteiger partial charge is 0.336 e. The normalized spacial score (nSPS) is 20.9. The molecule has 0 fully saturated rings. The zero-order valence-electron chi connectivity index (χ0n) is 17.8. The Kier molecular flexibility index (Phi) is 5.26. The van der Waals surface area contributed by atoms with Gasteiger partial charge in [-0.1, -0.05) is 64.2 Å². The van der Waals surface area contributed by atoms with Gasteiger partial charge in [-0.15, -0.1) is 0 Å². The van der Waals surface area contributed by atoms with E-state index in [0.717, 1.165) is 11.1 Å². The highest BCUT2D eigenvalue weighted by Gasteiger charge is 2.37. The second kappa shape index (κ2) is 7.11. The molecule has 0 aliphatic heterocycles. The number of allylic oxidation sites excluding steroid dienone is 5. The monoisotopic (exact) mass is 394 g/mol. The van der Waals surface area contributed by atoms with Crippen molar-refractivity contribution in [3.05, 3.63) is 63.8 Å². The predicted octanol–water partition coefficient (Wildman–Crippen LogP) is 6.46. The Labute approximate surface area is 174 Å². The van der Waals surface area contributed by atoms with E-state index in [1.807, 2.05) is 6.08 Å². The molecule has 28 heavy (non-hydrogen) atoms. The molecular weight excluding hydrogens is 364 g/mol. The quantitative estimate of drug-likeness (QED) is 0.598. The molecule has 148 valence electrons. The number of carbonyl (C=O) groups is 1. The molecule has 0 spiro atoms. The fourth-order valence-electron chi connectivity index (χ4n) is 4.38. The molecule has 0 saturated carbocycles. The summed E-state index contributed by atoms with van der Waals surface area (Å²) < 4.78 is 0. The van der Waals surface area contributed by atoms with Crippen LogP contribution in [0, 0.1) is 6.92 Å². The molecule has 0 unspecified atom stereocenters. The van der Waals surface area contributed by atoms with Crippen LogP contribution in [0.2, 0.25) is 0 Å². The lowest BCUT2D eigenvalue weighted by Gasteiger charge is -2.42. The molecule has 0 aromatic heterocycles. The van der Waals surface area contributed by atoms with Gasteiger partial charge in [-0.05, 0) is 77.0 Å². The molecule has 0 bridgehead atoms. The van der Waals surface area contributed by atoms with Crippen LogP contribution in [-0.2, 0) is 15.6 Å². The third kappa shape index (κ3) is 3.77. The van der Waals surface area contributed by atoms with E-state index in [-0.39, 0.29) is 16.4 Å². The molecule has 1 N–H and O–H groups in total. The van der Waals surface area contributed by atoms with Gasteiger partial charge in [0.05, 0.1) is 5.57 Å². The summed E-state index contributed by atoms with van der Waals surface area (Å²) >= 11 is 5.18. The van der Waals surface area contributed by atoms with Crippen molar-refractivity contribution in [2.45, 2.75) is 71.6 Å². The number of carboxylic acid groups (broad SMARTS) is 1. The predicted molar refractivity (Wildman–Crippen MR) is 121 cm³/mol. The van der Waals surface area contributed by atoms with Crippen molar-refractivity contribution in [3.63, 3.8) is 0 Å². The third-order valence-corrected chi connectivity index (χ3v) is 6.76. The Balaban J connectivity index is 2.06. The van der Waals surface area contributed by atoms with Crippen molar-refractivity contribution < 1.29 is 9.90 Å². The highest BCUT2D eigenvalue weighted by Crippen LogP contribution is 2.47. The summed E-state index contributed by atoms with van der Waals surface area (Å²) in [6, 6.07) is 4.74. The average Bonchev–Trinajstić information content (AvgIpc) is 2.60. The summed E-state index contributed by atoms with van der Waals surface area (Å²) in [6.45, 7) is 13.6. The molecule has 0 heterocycles. The topological polar surface area (TPSA) is 37.3 Å². The van der Waals surface area contributed by atoms with Gasteiger partial charge in [-0.2, -0.15) is 0 Å². The van der Waals surface area contributed by atoms with E-state index < -0.39 is 5.97 Å². The standard InChI is InChI=1S/C25H30O2S/c1-15(11-17-7-8-22(28)19(13-17)23(26)27)18-14-21-20(12-16(18)2)24(3,4)9-10-25(21,5)6/h7,11-14H,8-10H2,1-6H3,(H,26,27). The van der Waals surface area contributed by atoms with Gasteiger partial charge in [0.15, 0.2) is 0 Å². The number of aryl methyl sites for hydroxylation is 1. The fraction of sp³-hybridized carbons (Fsp3) is 0.440. The number of aliphatic carboxylic acids is 1. The Bertz CT molecular complexity index is 955. The lowest BCUT2D eigenvalue weighted by Crippen LogP contribution is -2.34. The van der Waals surface area contributed by atoms with Crippen LogP contribution in [0.3, 0.4) is 0 Å². The number of rotatable bonds is 3. The fourth-order valence-corrected chi connectivity index (χ4v) is 4.61. The second-order valence-electron chi connectivity index (χ2n) is 9.50. The summed E-state index contributed by atoms with van der Waals surface area (Å²) in [7, 11) is 0. The minimum atomic E-state index is -0.949. The first-order valence-corrected chi connectivity index (χ1v) is 10.4. The summed E-state index contributed by atoms with van der Waals surface area (Å²) in [4.78, 5) is 11.9. The molecule has 0 amide bonds. The minimum absolute atomic E-state index is 0.167. The van der Waals surface area contributed by atoms with Crippen molar-refractivity contribution in [2.24, 2.45) is 0 Å². The maximum absolute atomic E-state index is 11.4. The lowest BCUT2D eigenvalue weighted by atomic mass is 9.62. The van der Waals surface area contributed by atoms with E-state index in [1.54, 1.807) is 6.08 Å². The van der Waals surface area contributed by atoms with Crippen LogP contribution in [-0.4, -0.2) is 15.9 Å². The molecule has 0 saturated heterocycles. The third-order valence-electron chi connectivity index (χ3n) is 6.37. The van der Waals surface area contributed by atoms with Gasteiger partial charge in [0.2, 0.25) is 0 Å². The summed E-state index contributed by atoms with van der Waals surface area (Å²) in [5.74, 6) is -0.949. The Hall–Kier alpha value is -2.00. The van der Waals surface area contributed by atoms with E-state index in [2.05, 4.69) is 59.8 Å². The Morgan fingerprint density at radius 3 is 2.25 bits per heavy atom. The molecule has 1 aromatic rings. The van der Waals surface area contributed by atoms with Gasteiger partial charge in [0.1, 0.15) is 0 Å². The molecule has 2 nitrogen and oxygen atoms in total. The first-order chi connectivity index (χ1) is 12.9. The summed E-state index contributed by atoms with van der Waals surface area (Å²) in [5, 5.41) is 9.36. The highest BCUT2D eigenvalue weighted by atomic mass is 32.1. The van der Waals surface area contributed by atoms with Gasteiger partial charge in [-0.3, -0.25) is 0 Å². The second-order valence-corrected chi connectivity index (χ2v) is 10.00. The van der Waals surface area contributed by atoms with Crippen molar-refractivity contribution in [2.75, 3.05) is 0 Å². The van der Waals surface area contributed by atoms with Crippen LogP contribution >= 0.6 is 12.2 Å². The Morgan fingerprint density at radius 1 is 1.11 bits per heavy atom. The molecule has 2 aliphatic rings. The zero-order chi connectivity index (χ0) is 20.9. The minimum Gasteiger partial charge on any atom is -0.478 e. The van der Waals surface area contributed by atoms with Crippen LogP contribution < -0.4 is 0 Å². The van der Waals surface area contributed by atoms with Crippen LogP contribution in [0.15, 0.2) is 41.5 Å². The van der Waals surface area contributed by atoms with E-state index >= 15 is 0 Å². The number of hydrogen-bond acceptors (Lipinski definition) is 2. The van der Waals surface area contributed by atoms with Gasteiger partial charge in [0, 0.05) is 11.3 Å². The largest absolute Gasteiger partial charge is 0.478 e. The van der Waals surface area contributed by atoms with E-state index in [1.165, 1.54) is 35.1 Å². The maximum atomic E-state index is 11.4. The molecular formula is C25H30O2S. The number of carboxylic acids is 1. The molecule has 3 rings (SSSR count). The van der Waals surface area contributed by atoms with Gasteiger partial charge in [0.25, 0.3) is 0 Å². The molecule has 0 radical (unpaired) electrons. The molecule has 0 atom stereocenters. The number of benzene rings is 1. The van der Waals surface area contributed by atoms with E-state index in [4.69, 9.17) is 12.2 Å². The van der Waals surface area contributed by atoms with Crippen LogP contribution in [0.1, 0.15) is 76.1 Å².